The van der Waals surface area contributed by atoms with E-state index in [1.165, 1.54) is 11.3 Å². The van der Waals surface area contributed by atoms with E-state index in [4.69, 9.17) is 0 Å². The van der Waals surface area contributed by atoms with Crippen molar-refractivity contribution in [2.24, 2.45) is 0 Å². The maximum atomic E-state index is 11.2. The highest BCUT2D eigenvalue weighted by molar-refractivity contribution is 7.17. The highest BCUT2D eigenvalue weighted by atomic mass is 32.1. The number of nitrogens with one attached hydrogen (secondary N) is 1. The van der Waals surface area contributed by atoms with E-state index in [1.807, 2.05) is 25.4 Å². The first-order valence-electron chi connectivity index (χ1n) is 4.30. The predicted molar refractivity (Wildman–Crippen MR) is 56.6 cm³/mol. The average Bonchev–Trinajstić information content (AvgIpc) is 2.70. The van der Waals surface area contributed by atoms with Crippen molar-refractivity contribution in [3.63, 3.8) is 0 Å². The minimum absolute atomic E-state index is 0.0850. The molecular formula is C10H10N2OS. The lowest BCUT2D eigenvalue weighted by atomic mass is 10.3. The van der Waals surface area contributed by atoms with E-state index in [-0.39, 0.29) is 5.78 Å². The quantitative estimate of drug-likeness (QED) is 0.768. The molecule has 3 nitrogen and oxygen atoms in total. The van der Waals surface area contributed by atoms with Gasteiger partial charge in [-0.05, 0) is 13.0 Å². The van der Waals surface area contributed by atoms with Gasteiger partial charge in [-0.15, -0.1) is 11.3 Å². The van der Waals surface area contributed by atoms with Crippen LogP contribution in [-0.4, -0.2) is 15.8 Å². The number of Topliss-reactive ketones (excluding diaryl/α,β-unsaturated/α-hetero) is 1. The van der Waals surface area contributed by atoms with E-state index in [1.54, 1.807) is 6.92 Å². The number of aryl methyl sites for hydroxylation is 1. The number of hydrogen-bond donors (Lipinski definition) is 1. The second kappa shape index (κ2) is 3.38. The first kappa shape index (κ1) is 9.15. The number of hydrogen-bond acceptors (Lipinski definition) is 3. The SMILES string of the molecule is CC(=O)c1sc(-c2cc[nH]c2)nc1C. The van der Waals surface area contributed by atoms with Crippen LogP contribution < -0.4 is 0 Å². The third kappa shape index (κ3) is 1.48. The van der Waals surface area contributed by atoms with Crippen molar-refractivity contribution in [1.82, 2.24) is 9.97 Å². The fourth-order valence-electron chi connectivity index (χ4n) is 1.30. The van der Waals surface area contributed by atoms with Gasteiger partial charge in [0.25, 0.3) is 0 Å². The minimum Gasteiger partial charge on any atom is -0.367 e. The van der Waals surface area contributed by atoms with Gasteiger partial charge in [-0.2, -0.15) is 0 Å². The number of nitrogens with zero attached hydrogens (tertiary/aromatic N) is 1. The summed E-state index contributed by atoms with van der Waals surface area (Å²) in [5.41, 5.74) is 1.85. The lowest BCUT2D eigenvalue weighted by Gasteiger charge is -1.86. The van der Waals surface area contributed by atoms with Crippen LogP contribution in [0.1, 0.15) is 22.3 Å². The lowest BCUT2D eigenvalue weighted by molar-refractivity contribution is 0.102. The summed E-state index contributed by atoms with van der Waals surface area (Å²) in [5, 5.41) is 0.897. The molecule has 0 spiro atoms. The molecule has 0 aliphatic heterocycles. The molecule has 0 unspecified atom stereocenters. The second-order valence-corrected chi connectivity index (χ2v) is 4.09. The highest BCUT2D eigenvalue weighted by Crippen LogP contribution is 2.27. The number of rotatable bonds is 2. The van der Waals surface area contributed by atoms with Gasteiger partial charge >= 0.3 is 0 Å². The largest absolute Gasteiger partial charge is 0.367 e. The number of ketones is 1. The molecule has 4 heteroatoms. The van der Waals surface area contributed by atoms with Crippen LogP contribution in [0.4, 0.5) is 0 Å². The van der Waals surface area contributed by atoms with E-state index in [9.17, 15) is 4.79 Å². The number of aromatic nitrogens is 2. The number of carbonyl (C=O) groups excluding carboxylic acids is 1. The molecule has 2 aromatic rings. The van der Waals surface area contributed by atoms with E-state index >= 15 is 0 Å². The molecule has 0 radical (unpaired) electrons. The predicted octanol–water partition coefficient (Wildman–Crippen LogP) is 2.65. The summed E-state index contributed by atoms with van der Waals surface area (Å²) in [5.74, 6) is 0.0850. The molecule has 0 atom stereocenters. The zero-order chi connectivity index (χ0) is 10.1. The minimum atomic E-state index is 0.0850. The third-order valence-electron chi connectivity index (χ3n) is 1.96. The maximum Gasteiger partial charge on any atom is 0.171 e. The molecule has 0 fully saturated rings. The van der Waals surface area contributed by atoms with Gasteiger partial charge in [-0.25, -0.2) is 4.98 Å². The molecule has 72 valence electrons. The topological polar surface area (TPSA) is 45.8 Å². The van der Waals surface area contributed by atoms with Crippen LogP contribution in [0.5, 0.6) is 0 Å². The van der Waals surface area contributed by atoms with Crippen molar-refractivity contribution in [2.45, 2.75) is 13.8 Å². The maximum absolute atomic E-state index is 11.2. The van der Waals surface area contributed by atoms with Crippen LogP contribution in [0.25, 0.3) is 10.6 Å². The van der Waals surface area contributed by atoms with Gasteiger partial charge < -0.3 is 4.98 Å². The Bertz CT molecular complexity index is 456. The number of carbonyl (C=O) groups is 1. The third-order valence-corrected chi connectivity index (χ3v) is 3.27. The van der Waals surface area contributed by atoms with Crippen LogP contribution in [0.2, 0.25) is 0 Å². The highest BCUT2D eigenvalue weighted by Gasteiger charge is 2.12. The Morgan fingerprint density at radius 3 is 2.86 bits per heavy atom. The molecule has 0 aliphatic carbocycles. The number of aromatic amines is 1. The molecule has 2 rings (SSSR count). The summed E-state index contributed by atoms with van der Waals surface area (Å²) in [6, 6.07) is 1.95. The molecule has 0 aromatic carbocycles. The van der Waals surface area contributed by atoms with Crippen molar-refractivity contribution < 1.29 is 4.79 Å². The van der Waals surface area contributed by atoms with Gasteiger partial charge in [0.2, 0.25) is 0 Å². The second-order valence-electron chi connectivity index (χ2n) is 3.09. The van der Waals surface area contributed by atoms with E-state index in [2.05, 4.69) is 9.97 Å². The van der Waals surface area contributed by atoms with Crippen molar-refractivity contribution in [3.8, 4) is 10.6 Å². The molecule has 14 heavy (non-hydrogen) atoms. The van der Waals surface area contributed by atoms with Crippen LogP contribution >= 0.6 is 11.3 Å². The number of H-pyrrole nitrogens is 1. The fourth-order valence-corrected chi connectivity index (χ4v) is 2.26. The van der Waals surface area contributed by atoms with Gasteiger partial charge in [0, 0.05) is 24.9 Å². The summed E-state index contributed by atoms with van der Waals surface area (Å²) in [4.78, 5) is 19.3. The summed E-state index contributed by atoms with van der Waals surface area (Å²) >= 11 is 1.44. The normalized spacial score (nSPS) is 10.4. The van der Waals surface area contributed by atoms with Crippen molar-refractivity contribution in [1.29, 1.82) is 0 Å². The van der Waals surface area contributed by atoms with Crippen LogP contribution in [0, 0.1) is 6.92 Å². The zero-order valence-corrected chi connectivity index (χ0v) is 8.81. The average molecular weight is 206 g/mol. The zero-order valence-electron chi connectivity index (χ0n) is 8.00. The Kier molecular flexibility index (Phi) is 2.21. The van der Waals surface area contributed by atoms with E-state index in [0.29, 0.717) is 0 Å². The first-order chi connectivity index (χ1) is 6.68. The monoisotopic (exact) mass is 206 g/mol. The summed E-state index contributed by atoms with van der Waals surface area (Å²) in [6.07, 6.45) is 3.72. The standard InChI is InChI=1S/C10H10N2OS/c1-6-9(7(2)13)14-10(12-6)8-3-4-11-5-8/h3-5,11H,1-2H3. The van der Waals surface area contributed by atoms with E-state index < -0.39 is 0 Å². The Labute approximate surface area is 85.8 Å². The Morgan fingerprint density at radius 2 is 2.36 bits per heavy atom. The van der Waals surface area contributed by atoms with Crippen LogP contribution in [-0.2, 0) is 0 Å². The van der Waals surface area contributed by atoms with Crippen LogP contribution in [0.3, 0.4) is 0 Å². The molecule has 0 amide bonds. The van der Waals surface area contributed by atoms with E-state index in [0.717, 1.165) is 21.1 Å². The molecule has 2 aromatic heterocycles. The van der Waals surface area contributed by atoms with Gasteiger partial charge in [0.1, 0.15) is 5.01 Å². The number of thiazole rings is 1. The molecule has 0 bridgehead atoms. The molecule has 0 saturated carbocycles. The van der Waals surface area contributed by atoms with Crippen molar-refractivity contribution in [2.75, 3.05) is 0 Å². The molecule has 0 aliphatic rings. The van der Waals surface area contributed by atoms with Gasteiger partial charge in [-0.1, -0.05) is 0 Å². The summed E-state index contributed by atoms with van der Waals surface area (Å²) in [7, 11) is 0. The van der Waals surface area contributed by atoms with Crippen LogP contribution in [0.15, 0.2) is 18.5 Å². The smallest absolute Gasteiger partial charge is 0.171 e. The van der Waals surface area contributed by atoms with Gasteiger partial charge in [-0.3, -0.25) is 4.79 Å². The summed E-state index contributed by atoms with van der Waals surface area (Å²) < 4.78 is 0. The Morgan fingerprint density at radius 1 is 1.57 bits per heavy atom. The molecule has 1 N–H and O–H groups in total. The summed E-state index contributed by atoms with van der Waals surface area (Å²) in [6.45, 7) is 3.44. The molecule has 2 heterocycles. The first-order valence-corrected chi connectivity index (χ1v) is 5.11. The fraction of sp³-hybridized carbons (Fsp3) is 0.200. The Balaban J connectivity index is 2.48. The van der Waals surface area contributed by atoms with Gasteiger partial charge in [0.05, 0.1) is 10.6 Å². The molecule has 0 saturated heterocycles. The van der Waals surface area contributed by atoms with Crippen molar-refractivity contribution in [3.05, 3.63) is 29.0 Å². The van der Waals surface area contributed by atoms with Crippen molar-refractivity contribution >= 4 is 17.1 Å². The Hall–Kier alpha value is -1.42. The lowest BCUT2D eigenvalue weighted by Crippen LogP contribution is -1.89. The van der Waals surface area contributed by atoms with Gasteiger partial charge in [0.15, 0.2) is 5.78 Å². The molecular weight excluding hydrogens is 196 g/mol.